The largest absolute Gasteiger partial charge is 0.497 e. The number of hydrogen-bond donors (Lipinski definition) is 2. The number of nitrogens with zero attached hydrogens (tertiary/aromatic N) is 2. The fourth-order valence-corrected chi connectivity index (χ4v) is 3.44. The summed E-state index contributed by atoms with van der Waals surface area (Å²) in [6, 6.07) is 8.26. The molecule has 1 unspecified atom stereocenters. The first kappa shape index (κ1) is 22.5. The molecule has 1 aromatic carbocycles. The molecule has 1 aliphatic heterocycles. The topological polar surface area (TPSA) is 58.1 Å². The van der Waals surface area contributed by atoms with Crippen molar-refractivity contribution < 1.29 is 9.47 Å². The average Bonchev–Trinajstić information content (AvgIpc) is 2.69. The third-order valence-corrected chi connectivity index (χ3v) is 4.71. The van der Waals surface area contributed by atoms with E-state index in [-0.39, 0.29) is 6.10 Å². The number of guanidine groups is 1. The van der Waals surface area contributed by atoms with E-state index in [1.807, 2.05) is 12.1 Å². The highest BCUT2D eigenvalue weighted by molar-refractivity contribution is 5.79. The molecule has 158 valence electrons. The van der Waals surface area contributed by atoms with Gasteiger partial charge >= 0.3 is 0 Å². The van der Waals surface area contributed by atoms with Crippen LogP contribution in [0.25, 0.3) is 0 Å². The SMILES string of the molecule is CCNC(=NCC1CN(CC(C)C)CCO1)NCCCc1cccc(OC)c1. The van der Waals surface area contributed by atoms with Gasteiger partial charge in [0.1, 0.15) is 5.75 Å². The minimum Gasteiger partial charge on any atom is -0.497 e. The monoisotopic (exact) mass is 390 g/mol. The van der Waals surface area contributed by atoms with Gasteiger partial charge in [-0.05, 0) is 43.4 Å². The van der Waals surface area contributed by atoms with E-state index < -0.39 is 0 Å². The Morgan fingerprint density at radius 1 is 1.36 bits per heavy atom. The van der Waals surface area contributed by atoms with Crippen molar-refractivity contribution in [3.8, 4) is 5.75 Å². The van der Waals surface area contributed by atoms with E-state index in [1.54, 1.807) is 7.11 Å². The van der Waals surface area contributed by atoms with Crippen molar-refractivity contribution in [3.63, 3.8) is 0 Å². The van der Waals surface area contributed by atoms with Gasteiger partial charge in [-0.25, -0.2) is 0 Å². The van der Waals surface area contributed by atoms with Crippen LogP contribution in [0.15, 0.2) is 29.3 Å². The Bertz CT molecular complexity index is 592. The van der Waals surface area contributed by atoms with Gasteiger partial charge in [-0.2, -0.15) is 0 Å². The predicted molar refractivity (Wildman–Crippen MR) is 116 cm³/mol. The Morgan fingerprint density at radius 2 is 2.21 bits per heavy atom. The van der Waals surface area contributed by atoms with E-state index in [9.17, 15) is 0 Å². The molecule has 1 fully saturated rings. The molecule has 0 radical (unpaired) electrons. The smallest absolute Gasteiger partial charge is 0.191 e. The summed E-state index contributed by atoms with van der Waals surface area (Å²) in [4.78, 5) is 7.23. The summed E-state index contributed by atoms with van der Waals surface area (Å²) in [7, 11) is 1.71. The van der Waals surface area contributed by atoms with Crippen LogP contribution >= 0.6 is 0 Å². The number of aliphatic imine (C=N–C) groups is 1. The molecular weight excluding hydrogens is 352 g/mol. The highest BCUT2D eigenvalue weighted by atomic mass is 16.5. The Kier molecular flexibility index (Phi) is 10.1. The van der Waals surface area contributed by atoms with Crippen LogP contribution in [0.2, 0.25) is 0 Å². The third-order valence-electron chi connectivity index (χ3n) is 4.71. The molecule has 6 heteroatoms. The molecule has 0 bridgehead atoms. The van der Waals surface area contributed by atoms with E-state index in [0.717, 1.165) is 63.9 Å². The molecule has 0 spiro atoms. The first-order valence-corrected chi connectivity index (χ1v) is 10.6. The lowest BCUT2D eigenvalue weighted by molar-refractivity contribution is -0.0261. The summed E-state index contributed by atoms with van der Waals surface area (Å²) < 4.78 is 11.2. The Hall–Kier alpha value is -1.79. The predicted octanol–water partition coefficient (Wildman–Crippen LogP) is 2.54. The zero-order chi connectivity index (χ0) is 20.2. The lowest BCUT2D eigenvalue weighted by Gasteiger charge is -2.33. The van der Waals surface area contributed by atoms with Crippen LogP contribution in [0.3, 0.4) is 0 Å². The molecule has 2 rings (SSSR count). The van der Waals surface area contributed by atoms with Crippen molar-refractivity contribution in [2.24, 2.45) is 10.9 Å². The molecule has 2 N–H and O–H groups in total. The molecule has 0 saturated carbocycles. The first-order valence-electron chi connectivity index (χ1n) is 10.6. The summed E-state index contributed by atoms with van der Waals surface area (Å²) >= 11 is 0. The lowest BCUT2D eigenvalue weighted by Crippen LogP contribution is -2.46. The molecule has 1 saturated heterocycles. The van der Waals surface area contributed by atoms with Gasteiger partial charge in [0, 0.05) is 32.7 Å². The maximum absolute atomic E-state index is 5.91. The summed E-state index contributed by atoms with van der Waals surface area (Å²) in [5, 5.41) is 6.77. The molecule has 0 aromatic heterocycles. The minimum absolute atomic E-state index is 0.180. The number of methoxy groups -OCH3 is 1. The van der Waals surface area contributed by atoms with Crippen molar-refractivity contribution >= 4 is 5.96 Å². The van der Waals surface area contributed by atoms with Crippen molar-refractivity contribution in [2.45, 2.75) is 39.7 Å². The van der Waals surface area contributed by atoms with Crippen LogP contribution in [-0.2, 0) is 11.2 Å². The minimum atomic E-state index is 0.180. The van der Waals surface area contributed by atoms with Gasteiger partial charge in [0.15, 0.2) is 5.96 Å². The highest BCUT2D eigenvalue weighted by Crippen LogP contribution is 2.13. The molecule has 1 aliphatic rings. The van der Waals surface area contributed by atoms with Gasteiger partial charge in [-0.1, -0.05) is 26.0 Å². The summed E-state index contributed by atoms with van der Waals surface area (Å²) in [5.41, 5.74) is 1.30. The molecule has 28 heavy (non-hydrogen) atoms. The van der Waals surface area contributed by atoms with Gasteiger partial charge in [0.05, 0.1) is 26.4 Å². The van der Waals surface area contributed by atoms with Crippen LogP contribution in [0.4, 0.5) is 0 Å². The second-order valence-corrected chi connectivity index (χ2v) is 7.75. The van der Waals surface area contributed by atoms with Crippen LogP contribution in [0.1, 0.15) is 32.8 Å². The Morgan fingerprint density at radius 3 is 2.96 bits per heavy atom. The molecular formula is C22H38N4O2. The maximum atomic E-state index is 5.91. The maximum Gasteiger partial charge on any atom is 0.191 e. The standard InChI is InChI=1S/C22H38N4O2/c1-5-23-22(24-11-7-9-19-8-6-10-20(14-19)27-4)25-15-21-17-26(12-13-28-21)16-18(2)3/h6,8,10,14,18,21H,5,7,9,11-13,15-17H2,1-4H3,(H2,23,24,25). The molecule has 0 amide bonds. The van der Waals surface area contributed by atoms with E-state index >= 15 is 0 Å². The lowest BCUT2D eigenvalue weighted by atomic mass is 10.1. The van der Waals surface area contributed by atoms with Crippen LogP contribution < -0.4 is 15.4 Å². The van der Waals surface area contributed by atoms with E-state index in [1.165, 1.54) is 5.56 Å². The fraction of sp³-hybridized carbons (Fsp3) is 0.682. The number of morpholine rings is 1. The third kappa shape index (κ3) is 8.48. The number of hydrogen-bond acceptors (Lipinski definition) is 4. The van der Waals surface area contributed by atoms with Crippen molar-refractivity contribution in [2.75, 3.05) is 53.0 Å². The van der Waals surface area contributed by atoms with Gasteiger partial charge in [-0.3, -0.25) is 9.89 Å². The van der Waals surface area contributed by atoms with Crippen LogP contribution in [0, 0.1) is 5.92 Å². The van der Waals surface area contributed by atoms with Gasteiger partial charge in [0.25, 0.3) is 0 Å². The van der Waals surface area contributed by atoms with Gasteiger partial charge in [0.2, 0.25) is 0 Å². The average molecular weight is 391 g/mol. The van der Waals surface area contributed by atoms with Crippen LogP contribution in [0.5, 0.6) is 5.75 Å². The van der Waals surface area contributed by atoms with E-state index in [4.69, 9.17) is 14.5 Å². The van der Waals surface area contributed by atoms with E-state index in [0.29, 0.717) is 12.5 Å². The number of ether oxygens (including phenoxy) is 2. The van der Waals surface area contributed by atoms with Crippen LogP contribution in [-0.4, -0.2) is 69.9 Å². The first-order chi connectivity index (χ1) is 13.6. The van der Waals surface area contributed by atoms with E-state index in [2.05, 4.69) is 48.4 Å². The summed E-state index contributed by atoms with van der Waals surface area (Å²) in [6.07, 6.45) is 2.24. The van der Waals surface area contributed by atoms with Crippen molar-refractivity contribution in [1.82, 2.24) is 15.5 Å². The molecule has 1 heterocycles. The zero-order valence-electron chi connectivity index (χ0n) is 18.0. The molecule has 1 atom stereocenters. The second-order valence-electron chi connectivity index (χ2n) is 7.75. The second kappa shape index (κ2) is 12.6. The molecule has 0 aliphatic carbocycles. The van der Waals surface area contributed by atoms with Crippen molar-refractivity contribution in [3.05, 3.63) is 29.8 Å². The normalized spacial score (nSPS) is 18.3. The Balaban J connectivity index is 1.75. The molecule has 1 aromatic rings. The zero-order valence-corrected chi connectivity index (χ0v) is 18.0. The number of aryl methyl sites for hydroxylation is 1. The van der Waals surface area contributed by atoms with Gasteiger partial charge < -0.3 is 20.1 Å². The molecule has 6 nitrogen and oxygen atoms in total. The summed E-state index contributed by atoms with van der Waals surface area (Å²) in [6.45, 7) is 13.0. The quantitative estimate of drug-likeness (QED) is 0.365. The summed E-state index contributed by atoms with van der Waals surface area (Å²) in [5.74, 6) is 2.47. The fourth-order valence-electron chi connectivity index (χ4n) is 3.44. The van der Waals surface area contributed by atoms with Crippen molar-refractivity contribution in [1.29, 1.82) is 0 Å². The number of rotatable bonds is 10. The van der Waals surface area contributed by atoms with Gasteiger partial charge in [-0.15, -0.1) is 0 Å². The number of nitrogens with one attached hydrogen (secondary N) is 2. The Labute approximate surface area is 170 Å². The highest BCUT2D eigenvalue weighted by Gasteiger charge is 2.20. The number of benzene rings is 1.